The van der Waals surface area contributed by atoms with Gasteiger partial charge in [-0.05, 0) is 30.3 Å². The molecule has 3 rings (SSSR count). The zero-order chi connectivity index (χ0) is 18.8. The molecular formula is C17H13ClFN3O4. The van der Waals surface area contributed by atoms with Crippen molar-refractivity contribution in [2.24, 2.45) is 5.92 Å². The highest BCUT2D eigenvalue weighted by Crippen LogP contribution is 2.28. The molecule has 2 aromatic rings. The number of nitrogens with one attached hydrogen (secondary N) is 1. The minimum Gasteiger partial charge on any atom is -0.323 e. The maximum atomic E-state index is 13.8. The molecule has 1 fully saturated rings. The van der Waals surface area contributed by atoms with Crippen molar-refractivity contribution >= 4 is 40.5 Å². The molecule has 26 heavy (non-hydrogen) atoms. The lowest BCUT2D eigenvalue weighted by molar-refractivity contribution is -0.384. The second-order valence-electron chi connectivity index (χ2n) is 5.79. The molecule has 1 atom stereocenters. The van der Waals surface area contributed by atoms with Crippen LogP contribution in [0.3, 0.4) is 0 Å². The number of benzene rings is 2. The van der Waals surface area contributed by atoms with E-state index in [1.165, 1.54) is 4.90 Å². The molecule has 2 amide bonds. The van der Waals surface area contributed by atoms with Gasteiger partial charge in [-0.1, -0.05) is 11.6 Å². The number of rotatable bonds is 4. The molecule has 134 valence electrons. The monoisotopic (exact) mass is 377 g/mol. The van der Waals surface area contributed by atoms with Crippen molar-refractivity contribution in [3.05, 3.63) is 63.4 Å². The van der Waals surface area contributed by atoms with Gasteiger partial charge in [0.25, 0.3) is 5.69 Å². The van der Waals surface area contributed by atoms with Crippen molar-refractivity contribution in [1.82, 2.24) is 0 Å². The predicted octanol–water partition coefficient (Wildman–Crippen LogP) is 3.38. The van der Waals surface area contributed by atoms with Gasteiger partial charge >= 0.3 is 0 Å². The van der Waals surface area contributed by atoms with Gasteiger partial charge < -0.3 is 10.2 Å². The normalized spacial score (nSPS) is 16.6. The van der Waals surface area contributed by atoms with Gasteiger partial charge in [-0.25, -0.2) is 4.39 Å². The molecule has 0 radical (unpaired) electrons. The van der Waals surface area contributed by atoms with Crippen LogP contribution < -0.4 is 10.2 Å². The van der Waals surface area contributed by atoms with Gasteiger partial charge in [0.1, 0.15) is 5.82 Å². The summed E-state index contributed by atoms with van der Waals surface area (Å²) in [6.07, 6.45) is -0.0367. The van der Waals surface area contributed by atoms with E-state index < -0.39 is 22.6 Å². The van der Waals surface area contributed by atoms with E-state index in [0.29, 0.717) is 10.7 Å². The van der Waals surface area contributed by atoms with E-state index in [1.54, 1.807) is 24.3 Å². The van der Waals surface area contributed by atoms with E-state index >= 15 is 0 Å². The summed E-state index contributed by atoms with van der Waals surface area (Å²) < 4.78 is 13.8. The fourth-order valence-corrected chi connectivity index (χ4v) is 2.84. The Morgan fingerprint density at radius 1 is 1.27 bits per heavy atom. The molecule has 9 heteroatoms. The first-order chi connectivity index (χ1) is 12.3. The number of anilines is 2. The standard InChI is InChI=1S/C17H13ClFN3O4/c18-11-1-3-12(4-2-11)21-9-10(7-16(21)23)17(24)20-15-8-13(22(25)26)5-6-14(15)19/h1-6,8,10H,7,9H2,(H,20,24)/t10-/m0/s1. The molecule has 1 aliphatic heterocycles. The number of nitrogens with zero attached hydrogens (tertiary/aromatic N) is 2. The van der Waals surface area contributed by atoms with Crippen LogP contribution >= 0.6 is 11.6 Å². The van der Waals surface area contributed by atoms with Crippen molar-refractivity contribution < 1.29 is 18.9 Å². The lowest BCUT2D eigenvalue weighted by Gasteiger charge is -2.16. The first-order valence-corrected chi connectivity index (χ1v) is 8.03. The molecule has 7 nitrogen and oxygen atoms in total. The van der Waals surface area contributed by atoms with Crippen LogP contribution in [0.4, 0.5) is 21.5 Å². The third-order valence-corrected chi connectivity index (χ3v) is 4.30. The average molecular weight is 378 g/mol. The Morgan fingerprint density at radius 3 is 2.62 bits per heavy atom. The van der Waals surface area contributed by atoms with Gasteiger partial charge in [-0.2, -0.15) is 0 Å². The number of carbonyl (C=O) groups excluding carboxylic acids is 2. The second-order valence-corrected chi connectivity index (χ2v) is 6.23. The smallest absolute Gasteiger partial charge is 0.271 e. The van der Waals surface area contributed by atoms with Crippen molar-refractivity contribution in [2.45, 2.75) is 6.42 Å². The molecule has 0 unspecified atom stereocenters. The van der Waals surface area contributed by atoms with Gasteiger partial charge in [0.15, 0.2) is 0 Å². The van der Waals surface area contributed by atoms with E-state index in [-0.39, 0.29) is 30.2 Å². The van der Waals surface area contributed by atoms with Crippen LogP contribution in [0.25, 0.3) is 0 Å². The zero-order valence-electron chi connectivity index (χ0n) is 13.3. The van der Waals surface area contributed by atoms with Crippen molar-refractivity contribution in [3.63, 3.8) is 0 Å². The van der Waals surface area contributed by atoms with Crippen molar-refractivity contribution in [3.8, 4) is 0 Å². The molecule has 0 bridgehead atoms. The topological polar surface area (TPSA) is 92.5 Å². The maximum absolute atomic E-state index is 13.8. The van der Waals surface area contributed by atoms with Gasteiger partial charge in [0, 0.05) is 35.8 Å². The summed E-state index contributed by atoms with van der Waals surface area (Å²) in [5.41, 5.74) is -0.0233. The average Bonchev–Trinajstić information content (AvgIpc) is 2.99. The van der Waals surface area contributed by atoms with Crippen molar-refractivity contribution in [2.75, 3.05) is 16.8 Å². The Morgan fingerprint density at radius 2 is 1.96 bits per heavy atom. The summed E-state index contributed by atoms with van der Waals surface area (Å²) in [4.78, 5) is 36.1. The third kappa shape index (κ3) is 3.65. The van der Waals surface area contributed by atoms with Crippen LogP contribution in [0.15, 0.2) is 42.5 Å². The number of hydrogen-bond acceptors (Lipinski definition) is 4. The molecule has 0 saturated carbocycles. The number of non-ortho nitro benzene ring substituents is 1. The fourth-order valence-electron chi connectivity index (χ4n) is 2.71. The third-order valence-electron chi connectivity index (χ3n) is 4.05. The molecule has 1 N–H and O–H groups in total. The Balaban J connectivity index is 1.73. The Hall–Kier alpha value is -3.00. The first kappa shape index (κ1) is 17.8. The summed E-state index contributed by atoms with van der Waals surface area (Å²) in [7, 11) is 0. The molecule has 1 aliphatic rings. The van der Waals surface area contributed by atoms with Crippen LogP contribution in [0.1, 0.15) is 6.42 Å². The molecule has 1 saturated heterocycles. The van der Waals surface area contributed by atoms with Crippen LogP contribution in [-0.4, -0.2) is 23.3 Å². The summed E-state index contributed by atoms with van der Waals surface area (Å²) in [6, 6.07) is 9.47. The molecular weight excluding hydrogens is 365 g/mol. The highest BCUT2D eigenvalue weighted by molar-refractivity contribution is 6.30. The molecule has 1 heterocycles. The Bertz CT molecular complexity index is 888. The number of nitro groups is 1. The largest absolute Gasteiger partial charge is 0.323 e. The highest BCUT2D eigenvalue weighted by atomic mass is 35.5. The molecule has 0 aromatic heterocycles. The minimum atomic E-state index is -0.789. The van der Waals surface area contributed by atoms with E-state index in [0.717, 1.165) is 18.2 Å². The molecule has 2 aromatic carbocycles. The van der Waals surface area contributed by atoms with E-state index in [2.05, 4.69) is 5.32 Å². The number of carbonyl (C=O) groups is 2. The van der Waals surface area contributed by atoms with Crippen LogP contribution in [0, 0.1) is 21.8 Å². The number of hydrogen-bond donors (Lipinski definition) is 1. The van der Waals surface area contributed by atoms with Crippen LogP contribution in [0.2, 0.25) is 5.02 Å². The molecule has 0 spiro atoms. The second kappa shape index (κ2) is 7.09. The van der Waals surface area contributed by atoms with Gasteiger partial charge in [-0.3, -0.25) is 19.7 Å². The predicted molar refractivity (Wildman–Crippen MR) is 93.6 cm³/mol. The minimum absolute atomic E-state index is 0.0367. The Labute approximate surface area is 152 Å². The lowest BCUT2D eigenvalue weighted by atomic mass is 10.1. The van der Waals surface area contributed by atoms with Gasteiger partial charge in [0.05, 0.1) is 16.5 Å². The summed E-state index contributed by atoms with van der Waals surface area (Å²) >= 11 is 5.82. The zero-order valence-corrected chi connectivity index (χ0v) is 14.1. The van der Waals surface area contributed by atoms with Crippen LogP contribution in [-0.2, 0) is 9.59 Å². The first-order valence-electron chi connectivity index (χ1n) is 7.66. The summed E-state index contributed by atoms with van der Waals surface area (Å²) in [5, 5.41) is 13.6. The quantitative estimate of drug-likeness (QED) is 0.653. The summed E-state index contributed by atoms with van der Waals surface area (Å²) in [6.45, 7) is 0.128. The summed E-state index contributed by atoms with van der Waals surface area (Å²) in [5.74, 6) is -2.30. The Kier molecular flexibility index (Phi) is 4.85. The number of halogens is 2. The van der Waals surface area contributed by atoms with E-state index in [9.17, 15) is 24.1 Å². The fraction of sp³-hybridized carbons (Fsp3) is 0.176. The lowest BCUT2D eigenvalue weighted by Crippen LogP contribution is -2.28. The highest BCUT2D eigenvalue weighted by Gasteiger charge is 2.35. The van der Waals surface area contributed by atoms with E-state index in [4.69, 9.17) is 11.6 Å². The van der Waals surface area contributed by atoms with Crippen molar-refractivity contribution in [1.29, 1.82) is 0 Å². The number of amides is 2. The van der Waals surface area contributed by atoms with Gasteiger partial charge in [0.2, 0.25) is 11.8 Å². The van der Waals surface area contributed by atoms with E-state index in [1.807, 2.05) is 0 Å². The van der Waals surface area contributed by atoms with Gasteiger partial charge in [-0.15, -0.1) is 0 Å². The molecule has 0 aliphatic carbocycles. The number of nitro benzene ring substituents is 1. The maximum Gasteiger partial charge on any atom is 0.271 e. The SMILES string of the molecule is O=C(Nc1cc([N+](=O)[O-])ccc1F)[C@H]1CC(=O)N(c2ccc(Cl)cc2)C1. The van der Waals surface area contributed by atoms with Crippen LogP contribution in [0.5, 0.6) is 0 Å².